The lowest BCUT2D eigenvalue weighted by Crippen LogP contribution is -2.34. The summed E-state index contributed by atoms with van der Waals surface area (Å²) in [5.41, 5.74) is 0.730. The summed E-state index contributed by atoms with van der Waals surface area (Å²) in [5.74, 6) is 1.10. The smallest absolute Gasteiger partial charge is 0.156 e. The molecule has 7 heteroatoms. The van der Waals surface area contributed by atoms with Gasteiger partial charge in [0.05, 0.1) is 28.3 Å². The monoisotopic (exact) mass is 381 g/mol. The summed E-state index contributed by atoms with van der Waals surface area (Å²) in [4.78, 5) is 0. The van der Waals surface area contributed by atoms with Crippen molar-refractivity contribution in [3.05, 3.63) is 21.6 Å². The zero-order valence-corrected chi connectivity index (χ0v) is 14.3. The molecular weight excluding hydrogens is 366 g/mol. The summed E-state index contributed by atoms with van der Waals surface area (Å²) in [6.45, 7) is 2.42. The maximum atomic E-state index is 11.7. The second-order valence-electron chi connectivity index (χ2n) is 4.80. The molecule has 4 nitrogen and oxygen atoms in total. The molecule has 1 fully saturated rings. The molecule has 0 radical (unpaired) electrons. The van der Waals surface area contributed by atoms with Gasteiger partial charge in [-0.25, -0.2) is 8.42 Å². The van der Waals surface area contributed by atoms with Gasteiger partial charge in [0.15, 0.2) is 15.6 Å². The SMILES string of the molecule is CCOc1c(Br)cc(Cl)cc1NC1CCCS(=O)(=O)C1. The van der Waals surface area contributed by atoms with Gasteiger partial charge in [0.25, 0.3) is 0 Å². The Morgan fingerprint density at radius 2 is 2.25 bits per heavy atom. The molecule has 0 amide bonds. The normalized spacial score (nSPS) is 21.4. The number of sulfone groups is 1. The van der Waals surface area contributed by atoms with E-state index in [2.05, 4.69) is 21.2 Å². The molecule has 112 valence electrons. The van der Waals surface area contributed by atoms with Gasteiger partial charge in [-0.2, -0.15) is 0 Å². The fourth-order valence-electron chi connectivity index (χ4n) is 2.32. The molecule has 0 aromatic heterocycles. The maximum absolute atomic E-state index is 11.7. The molecule has 1 aliphatic rings. The van der Waals surface area contributed by atoms with Crippen molar-refractivity contribution in [2.75, 3.05) is 23.4 Å². The van der Waals surface area contributed by atoms with Crippen LogP contribution >= 0.6 is 27.5 Å². The van der Waals surface area contributed by atoms with Crippen molar-refractivity contribution >= 4 is 43.1 Å². The molecule has 0 spiro atoms. The Kier molecular flexibility index (Phi) is 5.20. The zero-order chi connectivity index (χ0) is 14.8. The van der Waals surface area contributed by atoms with Crippen LogP contribution in [0.15, 0.2) is 16.6 Å². The molecule has 1 heterocycles. The number of ether oxygens (including phenoxy) is 1. The minimum Gasteiger partial charge on any atom is -0.491 e. The second kappa shape index (κ2) is 6.54. The first kappa shape index (κ1) is 15.9. The van der Waals surface area contributed by atoms with Gasteiger partial charge in [0, 0.05) is 11.1 Å². The first-order valence-electron chi connectivity index (χ1n) is 6.50. The minimum absolute atomic E-state index is 0.0988. The average molecular weight is 383 g/mol. The maximum Gasteiger partial charge on any atom is 0.156 e. The van der Waals surface area contributed by atoms with Crippen LogP contribution in [-0.2, 0) is 9.84 Å². The highest BCUT2D eigenvalue weighted by atomic mass is 79.9. The standard InChI is InChI=1S/C13H17BrClNO3S/c1-2-19-13-11(14)6-9(15)7-12(13)16-10-4-3-5-20(17,18)8-10/h6-7,10,16H,2-5,8H2,1H3. The quantitative estimate of drug-likeness (QED) is 0.866. The van der Waals surface area contributed by atoms with Crippen LogP contribution in [0.4, 0.5) is 5.69 Å². The Morgan fingerprint density at radius 1 is 1.50 bits per heavy atom. The van der Waals surface area contributed by atoms with Gasteiger partial charge in [-0.3, -0.25) is 0 Å². The molecule has 1 atom stereocenters. The third-order valence-electron chi connectivity index (χ3n) is 3.12. The molecule has 0 saturated carbocycles. The number of benzene rings is 1. The van der Waals surface area contributed by atoms with Crippen molar-refractivity contribution in [3.8, 4) is 5.75 Å². The topological polar surface area (TPSA) is 55.4 Å². The number of hydrogen-bond donors (Lipinski definition) is 1. The largest absolute Gasteiger partial charge is 0.491 e. The van der Waals surface area contributed by atoms with Crippen LogP contribution < -0.4 is 10.1 Å². The van der Waals surface area contributed by atoms with Crippen molar-refractivity contribution in [1.29, 1.82) is 0 Å². The van der Waals surface area contributed by atoms with E-state index in [0.717, 1.165) is 16.6 Å². The van der Waals surface area contributed by atoms with Gasteiger partial charge in [0.2, 0.25) is 0 Å². The van der Waals surface area contributed by atoms with Crippen LogP contribution in [0.3, 0.4) is 0 Å². The van der Waals surface area contributed by atoms with E-state index in [-0.39, 0.29) is 17.5 Å². The predicted molar refractivity (Wildman–Crippen MR) is 85.6 cm³/mol. The molecule has 0 bridgehead atoms. The summed E-state index contributed by atoms with van der Waals surface area (Å²) in [5, 5.41) is 3.82. The lowest BCUT2D eigenvalue weighted by Gasteiger charge is -2.25. The van der Waals surface area contributed by atoms with Crippen molar-refractivity contribution in [1.82, 2.24) is 0 Å². The van der Waals surface area contributed by atoms with Gasteiger partial charge < -0.3 is 10.1 Å². The summed E-state index contributed by atoms with van der Waals surface area (Å²) >= 11 is 9.47. The van der Waals surface area contributed by atoms with E-state index < -0.39 is 9.84 Å². The highest BCUT2D eigenvalue weighted by Gasteiger charge is 2.25. The lowest BCUT2D eigenvalue weighted by molar-refractivity contribution is 0.339. The minimum atomic E-state index is -2.95. The van der Waals surface area contributed by atoms with Gasteiger partial charge in [-0.05, 0) is 47.8 Å². The van der Waals surface area contributed by atoms with Crippen LogP contribution in [0.1, 0.15) is 19.8 Å². The highest BCUT2D eigenvalue weighted by molar-refractivity contribution is 9.10. The van der Waals surface area contributed by atoms with Crippen LogP contribution in [0.5, 0.6) is 5.75 Å². The number of hydrogen-bond acceptors (Lipinski definition) is 4. The Morgan fingerprint density at radius 3 is 2.90 bits per heavy atom. The van der Waals surface area contributed by atoms with Crippen LogP contribution in [0, 0.1) is 0 Å². The number of nitrogens with one attached hydrogen (secondary N) is 1. The fraction of sp³-hybridized carbons (Fsp3) is 0.538. The number of rotatable bonds is 4. The van der Waals surface area contributed by atoms with Gasteiger partial charge in [-0.15, -0.1) is 0 Å². The lowest BCUT2D eigenvalue weighted by atomic mass is 10.1. The average Bonchev–Trinajstić information content (AvgIpc) is 2.32. The molecule has 0 aliphatic carbocycles. The molecule has 1 aromatic rings. The van der Waals surface area contributed by atoms with Crippen molar-refractivity contribution in [2.45, 2.75) is 25.8 Å². The van der Waals surface area contributed by atoms with Gasteiger partial charge >= 0.3 is 0 Å². The Hall–Kier alpha value is -0.460. The summed E-state index contributed by atoms with van der Waals surface area (Å²) in [6.07, 6.45) is 1.51. The van der Waals surface area contributed by atoms with Crippen LogP contribution in [-0.4, -0.2) is 32.6 Å². The molecule has 20 heavy (non-hydrogen) atoms. The first-order chi connectivity index (χ1) is 9.41. The van der Waals surface area contributed by atoms with E-state index in [4.69, 9.17) is 16.3 Å². The predicted octanol–water partition coefficient (Wildman–Crippen LogP) is 3.49. The third-order valence-corrected chi connectivity index (χ3v) is 5.75. The fourth-order valence-corrected chi connectivity index (χ4v) is 4.88. The van der Waals surface area contributed by atoms with E-state index in [1.165, 1.54) is 0 Å². The Balaban J connectivity index is 2.23. The number of halogens is 2. The molecule has 1 aliphatic heterocycles. The molecule has 1 N–H and O–H groups in total. The van der Waals surface area contributed by atoms with Crippen molar-refractivity contribution in [2.24, 2.45) is 0 Å². The first-order valence-corrected chi connectivity index (χ1v) is 9.49. The molecule has 1 unspecified atom stereocenters. The van der Waals surface area contributed by atoms with Gasteiger partial charge in [0.1, 0.15) is 0 Å². The van der Waals surface area contributed by atoms with Crippen molar-refractivity contribution < 1.29 is 13.2 Å². The zero-order valence-electron chi connectivity index (χ0n) is 11.2. The molecule has 1 aromatic carbocycles. The summed E-state index contributed by atoms with van der Waals surface area (Å²) in [6, 6.07) is 3.42. The van der Waals surface area contributed by atoms with E-state index in [1.54, 1.807) is 12.1 Å². The van der Waals surface area contributed by atoms with E-state index in [1.807, 2.05) is 6.92 Å². The van der Waals surface area contributed by atoms with Crippen molar-refractivity contribution in [3.63, 3.8) is 0 Å². The molecular formula is C13H17BrClNO3S. The van der Waals surface area contributed by atoms with E-state index in [9.17, 15) is 8.42 Å². The highest BCUT2D eigenvalue weighted by Crippen LogP contribution is 2.37. The van der Waals surface area contributed by atoms with Crippen LogP contribution in [0.2, 0.25) is 5.02 Å². The Bertz CT molecular complexity index is 592. The summed E-state index contributed by atoms with van der Waals surface area (Å²) < 4.78 is 29.7. The van der Waals surface area contributed by atoms with E-state index in [0.29, 0.717) is 23.8 Å². The molecule has 1 saturated heterocycles. The number of anilines is 1. The van der Waals surface area contributed by atoms with Gasteiger partial charge in [-0.1, -0.05) is 11.6 Å². The molecule has 2 rings (SSSR count). The van der Waals surface area contributed by atoms with Crippen LogP contribution in [0.25, 0.3) is 0 Å². The van der Waals surface area contributed by atoms with E-state index >= 15 is 0 Å². The third kappa shape index (κ3) is 4.02. The summed E-state index contributed by atoms with van der Waals surface area (Å²) in [7, 11) is -2.95. The Labute approximate surface area is 132 Å². The second-order valence-corrected chi connectivity index (χ2v) is 8.31.